The van der Waals surface area contributed by atoms with E-state index in [2.05, 4.69) is 5.32 Å². The van der Waals surface area contributed by atoms with E-state index in [1.54, 1.807) is 12.1 Å². The van der Waals surface area contributed by atoms with Gasteiger partial charge in [-0.25, -0.2) is 8.42 Å². The molecule has 2 rings (SSSR count). The van der Waals surface area contributed by atoms with Crippen LogP contribution >= 0.6 is 0 Å². The summed E-state index contributed by atoms with van der Waals surface area (Å²) in [6.07, 6.45) is 2.77. The molecule has 1 saturated heterocycles. The van der Waals surface area contributed by atoms with Crippen LogP contribution in [0.15, 0.2) is 23.1 Å². The fraction of sp³-hybridized carbons (Fsp3) is 0.500. The van der Waals surface area contributed by atoms with Crippen molar-refractivity contribution >= 4 is 32.0 Å². The van der Waals surface area contributed by atoms with Crippen molar-refractivity contribution in [2.24, 2.45) is 0 Å². The third-order valence-corrected chi connectivity index (χ3v) is 5.75. The fourth-order valence-corrected chi connectivity index (χ4v) is 4.29. The van der Waals surface area contributed by atoms with Crippen molar-refractivity contribution in [3.63, 3.8) is 0 Å². The summed E-state index contributed by atoms with van der Waals surface area (Å²) >= 11 is 0. The Morgan fingerprint density at radius 1 is 1.32 bits per heavy atom. The van der Waals surface area contributed by atoms with Crippen LogP contribution in [0.5, 0.6) is 0 Å². The number of anilines is 2. The first kappa shape index (κ1) is 14.3. The molecule has 7 heteroatoms. The van der Waals surface area contributed by atoms with Gasteiger partial charge in [0, 0.05) is 34.6 Å². The minimum Gasteiger partial charge on any atom is -0.396 e. The number of para-hydroxylation sites is 1. The molecule has 1 aliphatic heterocycles. The van der Waals surface area contributed by atoms with Gasteiger partial charge >= 0.3 is 0 Å². The van der Waals surface area contributed by atoms with E-state index in [1.807, 2.05) is 0 Å². The maximum atomic E-state index is 11.6. The van der Waals surface area contributed by atoms with Crippen molar-refractivity contribution in [2.45, 2.75) is 23.8 Å². The SMILES string of the molecule is CS(=O)(=O)c1cccc(NC2CCS(=O)CC2)c1N. The molecule has 0 saturated carbocycles. The average Bonchev–Trinajstić information content (AvgIpc) is 2.33. The van der Waals surface area contributed by atoms with Crippen LogP contribution in [-0.4, -0.2) is 36.4 Å². The van der Waals surface area contributed by atoms with E-state index in [1.165, 1.54) is 6.07 Å². The van der Waals surface area contributed by atoms with E-state index >= 15 is 0 Å². The van der Waals surface area contributed by atoms with Crippen LogP contribution in [0.2, 0.25) is 0 Å². The molecule has 1 heterocycles. The Balaban J connectivity index is 2.20. The maximum Gasteiger partial charge on any atom is 0.177 e. The largest absolute Gasteiger partial charge is 0.396 e. The van der Waals surface area contributed by atoms with Crippen LogP contribution in [0, 0.1) is 0 Å². The Bertz CT molecular complexity index is 589. The molecule has 3 N–H and O–H groups in total. The van der Waals surface area contributed by atoms with E-state index in [-0.39, 0.29) is 16.6 Å². The topological polar surface area (TPSA) is 89.3 Å². The number of sulfone groups is 1. The van der Waals surface area contributed by atoms with E-state index < -0.39 is 20.6 Å². The van der Waals surface area contributed by atoms with Gasteiger partial charge in [-0.1, -0.05) is 6.07 Å². The minimum absolute atomic E-state index is 0.150. The van der Waals surface area contributed by atoms with Crippen LogP contribution in [-0.2, 0) is 20.6 Å². The Labute approximate surface area is 116 Å². The predicted molar refractivity (Wildman–Crippen MR) is 78.5 cm³/mol. The number of rotatable bonds is 3. The Kier molecular flexibility index (Phi) is 4.15. The van der Waals surface area contributed by atoms with Crippen molar-refractivity contribution in [1.29, 1.82) is 0 Å². The van der Waals surface area contributed by atoms with Crippen LogP contribution in [0.4, 0.5) is 11.4 Å². The minimum atomic E-state index is -3.32. The standard InChI is InChI=1S/C12H18N2O3S2/c1-19(16,17)11-4-2-3-10(12(11)13)14-9-5-7-18(15)8-6-9/h2-4,9,14H,5-8,13H2,1H3. The highest BCUT2D eigenvalue weighted by molar-refractivity contribution is 7.90. The molecule has 0 aliphatic carbocycles. The van der Waals surface area contributed by atoms with Gasteiger partial charge in [-0.3, -0.25) is 4.21 Å². The molecule has 19 heavy (non-hydrogen) atoms. The molecule has 1 aromatic carbocycles. The second-order valence-electron chi connectivity index (χ2n) is 4.76. The van der Waals surface area contributed by atoms with Crippen LogP contribution in [0.1, 0.15) is 12.8 Å². The molecule has 0 bridgehead atoms. The van der Waals surface area contributed by atoms with Gasteiger partial charge in [-0.05, 0) is 25.0 Å². The lowest BCUT2D eigenvalue weighted by atomic mass is 10.1. The lowest BCUT2D eigenvalue weighted by Crippen LogP contribution is -2.29. The van der Waals surface area contributed by atoms with Crippen molar-refractivity contribution < 1.29 is 12.6 Å². The highest BCUT2D eigenvalue weighted by atomic mass is 32.2. The van der Waals surface area contributed by atoms with Gasteiger partial charge in [0.1, 0.15) is 0 Å². The summed E-state index contributed by atoms with van der Waals surface area (Å²) < 4.78 is 34.5. The van der Waals surface area contributed by atoms with Gasteiger partial charge in [0.15, 0.2) is 9.84 Å². The first-order valence-corrected chi connectivity index (χ1v) is 9.46. The zero-order valence-electron chi connectivity index (χ0n) is 10.8. The van der Waals surface area contributed by atoms with Gasteiger partial charge in [-0.15, -0.1) is 0 Å². The molecule has 0 radical (unpaired) electrons. The molecule has 0 unspecified atom stereocenters. The predicted octanol–water partition coefficient (Wildman–Crippen LogP) is 0.995. The maximum absolute atomic E-state index is 11.6. The highest BCUT2D eigenvalue weighted by Gasteiger charge is 2.20. The Morgan fingerprint density at radius 2 is 1.95 bits per heavy atom. The molecular weight excluding hydrogens is 284 g/mol. The average molecular weight is 302 g/mol. The fourth-order valence-electron chi connectivity index (χ4n) is 2.15. The van der Waals surface area contributed by atoms with Gasteiger partial charge in [0.05, 0.1) is 16.3 Å². The molecule has 106 valence electrons. The molecule has 0 aromatic heterocycles. The van der Waals surface area contributed by atoms with E-state index in [4.69, 9.17) is 5.73 Å². The zero-order valence-corrected chi connectivity index (χ0v) is 12.4. The van der Waals surface area contributed by atoms with Crippen molar-refractivity contribution in [2.75, 3.05) is 28.8 Å². The van der Waals surface area contributed by atoms with E-state index in [9.17, 15) is 12.6 Å². The summed E-state index contributed by atoms with van der Waals surface area (Å²) in [7, 11) is -4.03. The van der Waals surface area contributed by atoms with Crippen LogP contribution in [0.3, 0.4) is 0 Å². The normalized spacial score (nSPS) is 24.1. The summed E-state index contributed by atoms with van der Waals surface area (Å²) in [5.74, 6) is 1.37. The Morgan fingerprint density at radius 3 is 2.53 bits per heavy atom. The summed E-state index contributed by atoms with van der Waals surface area (Å²) in [5, 5.41) is 3.26. The molecule has 1 aromatic rings. The summed E-state index contributed by atoms with van der Waals surface area (Å²) in [5.41, 5.74) is 6.81. The number of benzene rings is 1. The van der Waals surface area contributed by atoms with Crippen LogP contribution in [0.25, 0.3) is 0 Å². The lowest BCUT2D eigenvalue weighted by Gasteiger charge is -2.24. The van der Waals surface area contributed by atoms with Crippen molar-refractivity contribution in [3.8, 4) is 0 Å². The third kappa shape index (κ3) is 3.48. The monoisotopic (exact) mass is 302 g/mol. The lowest BCUT2D eigenvalue weighted by molar-refractivity contribution is 0.602. The van der Waals surface area contributed by atoms with Crippen molar-refractivity contribution in [1.82, 2.24) is 0 Å². The summed E-state index contributed by atoms with van der Waals surface area (Å²) in [6, 6.07) is 5.16. The number of nitrogens with two attached hydrogens (primary N) is 1. The first-order valence-electron chi connectivity index (χ1n) is 6.08. The Hall–Kier alpha value is -1.08. The summed E-state index contributed by atoms with van der Waals surface area (Å²) in [6.45, 7) is 0. The molecule has 0 spiro atoms. The first-order chi connectivity index (χ1) is 8.88. The smallest absolute Gasteiger partial charge is 0.177 e. The third-order valence-electron chi connectivity index (χ3n) is 3.21. The number of nitrogen functional groups attached to an aromatic ring is 1. The van der Waals surface area contributed by atoms with Gasteiger partial charge in [0.25, 0.3) is 0 Å². The van der Waals surface area contributed by atoms with Crippen molar-refractivity contribution in [3.05, 3.63) is 18.2 Å². The van der Waals surface area contributed by atoms with Crippen LogP contribution < -0.4 is 11.1 Å². The zero-order chi connectivity index (χ0) is 14.0. The molecule has 0 atom stereocenters. The summed E-state index contributed by atoms with van der Waals surface area (Å²) in [4.78, 5) is 0.150. The van der Waals surface area contributed by atoms with E-state index in [0.29, 0.717) is 17.2 Å². The second kappa shape index (κ2) is 5.50. The molecular formula is C12H18N2O3S2. The molecule has 1 fully saturated rings. The van der Waals surface area contributed by atoms with Gasteiger partial charge < -0.3 is 11.1 Å². The molecule has 5 nitrogen and oxygen atoms in total. The number of hydrogen-bond donors (Lipinski definition) is 2. The van der Waals surface area contributed by atoms with Gasteiger partial charge in [-0.2, -0.15) is 0 Å². The highest BCUT2D eigenvalue weighted by Crippen LogP contribution is 2.28. The van der Waals surface area contributed by atoms with E-state index in [0.717, 1.165) is 19.1 Å². The van der Waals surface area contributed by atoms with Gasteiger partial charge in [0.2, 0.25) is 0 Å². The number of nitrogens with one attached hydrogen (secondary N) is 1. The molecule has 0 amide bonds. The number of hydrogen-bond acceptors (Lipinski definition) is 5. The quantitative estimate of drug-likeness (QED) is 0.813. The molecule has 1 aliphatic rings. The second-order valence-corrected chi connectivity index (χ2v) is 8.44.